The molecule has 4 rings (SSSR count). The molecule has 0 radical (unpaired) electrons. The van der Waals surface area contributed by atoms with Gasteiger partial charge in [0.15, 0.2) is 11.6 Å². The van der Waals surface area contributed by atoms with Gasteiger partial charge in [-0.25, -0.2) is 4.39 Å². The second kappa shape index (κ2) is 10.3. The molecule has 2 heteroatoms. The first-order valence-electron chi connectivity index (χ1n) is 12.6. The lowest BCUT2D eigenvalue weighted by atomic mass is 9.60. The fourth-order valence-corrected chi connectivity index (χ4v) is 7.04. The van der Waals surface area contributed by atoms with Crippen LogP contribution in [0, 0.1) is 35.4 Å². The van der Waals surface area contributed by atoms with Gasteiger partial charge in [0.05, 0.1) is 7.11 Å². The SMILES string of the molecule is C/C=C/CCC1CCC(C2CCC3CC(c4ccc(OC)c(F)c4)CCC3C2)CC1. The van der Waals surface area contributed by atoms with Crippen molar-refractivity contribution in [1.29, 1.82) is 0 Å². The van der Waals surface area contributed by atoms with Crippen LogP contribution < -0.4 is 4.74 Å². The van der Waals surface area contributed by atoms with Crippen molar-refractivity contribution in [1.82, 2.24) is 0 Å². The number of benzene rings is 1. The first kappa shape index (κ1) is 21.9. The van der Waals surface area contributed by atoms with Crippen LogP contribution in [0.4, 0.5) is 4.39 Å². The van der Waals surface area contributed by atoms with Gasteiger partial charge in [0.25, 0.3) is 0 Å². The summed E-state index contributed by atoms with van der Waals surface area (Å²) in [5, 5.41) is 0. The third kappa shape index (κ3) is 5.11. The van der Waals surface area contributed by atoms with Gasteiger partial charge in [-0.2, -0.15) is 0 Å². The number of fused-ring (bicyclic) bond motifs is 1. The lowest BCUT2D eigenvalue weighted by molar-refractivity contribution is 0.0713. The second-order valence-electron chi connectivity index (χ2n) is 10.4. The first-order chi connectivity index (χ1) is 14.7. The van der Waals surface area contributed by atoms with Crippen molar-refractivity contribution in [2.75, 3.05) is 7.11 Å². The highest BCUT2D eigenvalue weighted by Crippen LogP contribution is 2.51. The zero-order chi connectivity index (χ0) is 20.9. The molecule has 0 spiro atoms. The second-order valence-corrected chi connectivity index (χ2v) is 10.4. The summed E-state index contributed by atoms with van der Waals surface area (Å²) in [7, 11) is 1.54. The van der Waals surface area contributed by atoms with Crippen molar-refractivity contribution < 1.29 is 9.13 Å². The van der Waals surface area contributed by atoms with Crippen LogP contribution in [0.1, 0.15) is 95.5 Å². The molecule has 3 aliphatic rings. The normalized spacial score (nSPS) is 34.6. The van der Waals surface area contributed by atoms with E-state index in [0.717, 1.165) is 29.6 Å². The number of halogens is 1. The fourth-order valence-electron chi connectivity index (χ4n) is 7.04. The molecule has 1 nitrogen and oxygen atoms in total. The van der Waals surface area contributed by atoms with Crippen molar-refractivity contribution >= 4 is 0 Å². The van der Waals surface area contributed by atoms with E-state index >= 15 is 0 Å². The molecular weight excluding hydrogens is 371 g/mol. The van der Waals surface area contributed by atoms with Crippen LogP contribution in [0.25, 0.3) is 0 Å². The zero-order valence-corrected chi connectivity index (χ0v) is 19.1. The van der Waals surface area contributed by atoms with E-state index in [9.17, 15) is 4.39 Å². The van der Waals surface area contributed by atoms with Crippen molar-refractivity contribution in [2.45, 2.75) is 89.9 Å². The predicted octanol–water partition coefficient (Wildman–Crippen LogP) is 8.30. The van der Waals surface area contributed by atoms with E-state index in [4.69, 9.17) is 4.74 Å². The number of allylic oxidation sites excluding steroid dienone is 2. The number of methoxy groups -OCH3 is 1. The summed E-state index contributed by atoms with van der Waals surface area (Å²) >= 11 is 0. The molecule has 3 aliphatic carbocycles. The molecule has 4 atom stereocenters. The average molecular weight is 413 g/mol. The maximum absolute atomic E-state index is 14.2. The van der Waals surface area contributed by atoms with Gasteiger partial charge in [0.1, 0.15) is 0 Å². The summed E-state index contributed by atoms with van der Waals surface area (Å²) in [5.41, 5.74) is 1.19. The van der Waals surface area contributed by atoms with Crippen LogP contribution in [-0.2, 0) is 0 Å². The van der Waals surface area contributed by atoms with Crippen molar-refractivity contribution in [3.8, 4) is 5.75 Å². The van der Waals surface area contributed by atoms with E-state index in [1.165, 1.54) is 89.7 Å². The van der Waals surface area contributed by atoms with Gasteiger partial charge in [-0.15, -0.1) is 0 Å². The predicted molar refractivity (Wildman–Crippen MR) is 123 cm³/mol. The van der Waals surface area contributed by atoms with E-state index in [1.807, 2.05) is 6.07 Å². The highest BCUT2D eigenvalue weighted by Gasteiger charge is 2.39. The highest BCUT2D eigenvalue weighted by molar-refractivity contribution is 5.31. The molecule has 0 aromatic heterocycles. The molecule has 0 heterocycles. The Morgan fingerprint density at radius 2 is 1.57 bits per heavy atom. The Morgan fingerprint density at radius 1 is 0.900 bits per heavy atom. The van der Waals surface area contributed by atoms with Crippen LogP contribution >= 0.6 is 0 Å². The third-order valence-electron chi connectivity index (χ3n) is 8.84. The molecule has 30 heavy (non-hydrogen) atoms. The Balaban J connectivity index is 1.26. The fraction of sp³-hybridized carbons (Fsp3) is 0.714. The average Bonchev–Trinajstić information content (AvgIpc) is 2.79. The Hall–Kier alpha value is -1.31. The van der Waals surface area contributed by atoms with Crippen molar-refractivity contribution in [3.63, 3.8) is 0 Å². The van der Waals surface area contributed by atoms with Crippen molar-refractivity contribution in [2.24, 2.45) is 29.6 Å². The van der Waals surface area contributed by atoms with Crippen LogP contribution in [0.2, 0.25) is 0 Å². The van der Waals surface area contributed by atoms with Gasteiger partial charge in [-0.3, -0.25) is 0 Å². The van der Waals surface area contributed by atoms with Gasteiger partial charge >= 0.3 is 0 Å². The summed E-state index contributed by atoms with van der Waals surface area (Å²) in [6.07, 6.45) is 21.3. The van der Waals surface area contributed by atoms with Gasteiger partial charge in [0, 0.05) is 0 Å². The molecular formula is C28H41FO. The van der Waals surface area contributed by atoms with Crippen LogP contribution in [0.15, 0.2) is 30.4 Å². The summed E-state index contributed by atoms with van der Waals surface area (Å²) in [6.45, 7) is 2.13. The minimum absolute atomic E-state index is 0.206. The van der Waals surface area contributed by atoms with Crippen LogP contribution in [-0.4, -0.2) is 7.11 Å². The summed E-state index contributed by atoms with van der Waals surface area (Å²) in [6, 6.07) is 5.63. The highest BCUT2D eigenvalue weighted by atomic mass is 19.1. The number of ether oxygens (including phenoxy) is 1. The summed E-state index contributed by atoms with van der Waals surface area (Å²) in [4.78, 5) is 0. The molecule has 3 fully saturated rings. The molecule has 0 bridgehead atoms. The Labute approximate surface area is 183 Å². The monoisotopic (exact) mass is 412 g/mol. The van der Waals surface area contributed by atoms with Gasteiger partial charge in [-0.1, -0.05) is 31.1 Å². The Bertz CT molecular complexity index is 703. The van der Waals surface area contributed by atoms with E-state index in [0.29, 0.717) is 11.7 Å². The molecule has 0 aliphatic heterocycles. The van der Waals surface area contributed by atoms with Crippen LogP contribution in [0.3, 0.4) is 0 Å². The van der Waals surface area contributed by atoms with Crippen molar-refractivity contribution in [3.05, 3.63) is 41.7 Å². The van der Waals surface area contributed by atoms with E-state index in [1.54, 1.807) is 6.07 Å². The van der Waals surface area contributed by atoms with Gasteiger partial charge in [0.2, 0.25) is 0 Å². The quantitative estimate of drug-likeness (QED) is 0.427. The largest absolute Gasteiger partial charge is 0.494 e. The molecule has 166 valence electrons. The first-order valence-corrected chi connectivity index (χ1v) is 12.6. The Morgan fingerprint density at radius 3 is 2.27 bits per heavy atom. The van der Waals surface area contributed by atoms with E-state index < -0.39 is 0 Å². The summed E-state index contributed by atoms with van der Waals surface area (Å²) in [5.74, 6) is 5.45. The van der Waals surface area contributed by atoms with E-state index in [2.05, 4.69) is 25.1 Å². The molecule has 1 aromatic carbocycles. The van der Waals surface area contributed by atoms with Gasteiger partial charge < -0.3 is 4.74 Å². The molecule has 0 saturated heterocycles. The maximum Gasteiger partial charge on any atom is 0.165 e. The zero-order valence-electron chi connectivity index (χ0n) is 19.1. The number of hydrogen-bond acceptors (Lipinski definition) is 1. The minimum atomic E-state index is -0.206. The topological polar surface area (TPSA) is 9.23 Å². The standard InChI is InChI=1S/C28H41FO/c1-3-4-5-6-20-7-9-21(10-8-20)22-11-12-24-18-25(14-13-23(24)17-22)26-15-16-28(30-2)27(29)19-26/h3-4,15-16,19-25H,5-14,17-18H2,1-2H3/b4-3+. The maximum atomic E-state index is 14.2. The smallest absolute Gasteiger partial charge is 0.165 e. The molecule has 3 saturated carbocycles. The number of hydrogen-bond donors (Lipinski definition) is 0. The van der Waals surface area contributed by atoms with Crippen LogP contribution in [0.5, 0.6) is 5.75 Å². The molecule has 0 N–H and O–H groups in total. The van der Waals surface area contributed by atoms with E-state index in [-0.39, 0.29) is 5.82 Å². The van der Waals surface area contributed by atoms with Gasteiger partial charge in [-0.05, 0) is 124 Å². The number of rotatable bonds is 6. The molecule has 4 unspecified atom stereocenters. The third-order valence-corrected chi connectivity index (χ3v) is 8.84. The lowest BCUT2D eigenvalue weighted by Gasteiger charge is -2.45. The summed E-state index contributed by atoms with van der Waals surface area (Å²) < 4.78 is 19.3. The molecule has 0 amide bonds. The lowest BCUT2D eigenvalue weighted by Crippen LogP contribution is -2.34. The minimum Gasteiger partial charge on any atom is -0.494 e. The molecule has 1 aromatic rings. The Kier molecular flexibility index (Phi) is 7.55.